The maximum absolute atomic E-state index is 11.3. The molecule has 2 aliphatic carbocycles. The molecule has 2 heteroatoms. The van der Waals surface area contributed by atoms with Gasteiger partial charge in [-0.05, 0) is 44.6 Å². The fourth-order valence-electron chi connectivity index (χ4n) is 3.05. The standard InChI is InChI=1S/C14H25NO/c1-2-9-15(10-13-5-6-13)11-14(12-16)7-3-4-8-14/h12-13H,2-11H2,1H3. The van der Waals surface area contributed by atoms with Gasteiger partial charge in [0.05, 0.1) is 0 Å². The summed E-state index contributed by atoms with van der Waals surface area (Å²) in [6, 6.07) is 0. The van der Waals surface area contributed by atoms with E-state index in [-0.39, 0.29) is 5.41 Å². The molecule has 0 aromatic heterocycles. The van der Waals surface area contributed by atoms with E-state index >= 15 is 0 Å². The molecule has 2 saturated carbocycles. The van der Waals surface area contributed by atoms with Gasteiger partial charge in [0, 0.05) is 18.5 Å². The number of carbonyl (C=O) groups is 1. The third kappa shape index (κ3) is 3.07. The van der Waals surface area contributed by atoms with Gasteiger partial charge in [-0.2, -0.15) is 0 Å². The minimum atomic E-state index is 0.0179. The SMILES string of the molecule is CCCN(CC1CC1)CC1(C=O)CCCC1. The van der Waals surface area contributed by atoms with E-state index in [0.717, 1.165) is 25.3 Å². The molecule has 0 N–H and O–H groups in total. The number of nitrogens with zero attached hydrogens (tertiary/aromatic N) is 1. The fourth-order valence-corrected chi connectivity index (χ4v) is 3.05. The summed E-state index contributed by atoms with van der Waals surface area (Å²) >= 11 is 0. The Hall–Kier alpha value is -0.370. The average molecular weight is 223 g/mol. The Bertz CT molecular complexity index is 229. The summed E-state index contributed by atoms with van der Waals surface area (Å²) in [5, 5.41) is 0. The Labute approximate surface area is 99.4 Å². The van der Waals surface area contributed by atoms with Gasteiger partial charge in [0.25, 0.3) is 0 Å². The lowest BCUT2D eigenvalue weighted by molar-refractivity contribution is -0.117. The molecule has 2 aliphatic rings. The molecule has 0 spiro atoms. The van der Waals surface area contributed by atoms with Gasteiger partial charge in [-0.3, -0.25) is 0 Å². The van der Waals surface area contributed by atoms with Crippen LogP contribution in [-0.4, -0.2) is 30.8 Å². The molecule has 0 unspecified atom stereocenters. The molecule has 0 radical (unpaired) electrons. The third-order valence-electron chi connectivity index (χ3n) is 4.14. The monoisotopic (exact) mass is 223 g/mol. The van der Waals surface area contributed by atoms with Crippen molar-refractivity contribution in [3.05, 3.63) is 0 Å². The highest BCUT2D eigenvalue weighted by atomic mass is 16.1. The molecule has 0 heterocycles. The van der Waals surface area contributed by atoms with Crippen molar-refractivity contribution in [3.8, 4) is 0 Å². The van der Waals surface area contributed by atoms with Crippen LogP contribution in [0, 0.1) is 11.3 Å². The number of carbonyl (C=O) groups excluding carboxylic acids is 1. The van der Waals surface area contributed by atoms with Crippen molar-refractivity contribution >= 4 is 6.29 Å². The van der Waals surface area contributed by atoms with E-state index in [4.69, 9.17) is 0 Å². The van der Waals surface area contributed by atoms with E-state index in [1.807, 2.05) is 0 Å². The van der Waals surface area contributed by atoms with Crippen molar-refractivity contribution < 1.29 is 4.79 Å². The van der Waals surface area contributed by atoms with E-state index in [9.17, 15) is 4.79 Å². The molecule has 0 amide bonds. The van der Waals surface area contributed by atoms with E-state index in [2.05, 4.69) is 11.8 Å². The lowest BCUT2D eigenvalue weighted by Crippen LogP contribution is -2.38. The zero-order valence-electron chi connectivity index (χ0n) is 10.6. The zero-order chi connectivity index (χ0) is 11.4. The lowest BCUT2D eigenvalue weighted by atomic mass is 9.87. The van der Waals surface area contributed by atoms with Crippen LogP contribution in [0.4, 0.5) is 0 Å². The summed E-state index contributed by atoms with van der Waals surface area (Å²) in [6.45, 7) is 5.68. The summed E-state index contributed by atoms with van der Waals surface area (Å²) in [6.07, 6.45) is 10.0. The van der Waals surface area contributed by atoms with Crippen LogP contribution in [0.3, 0.4) is 0 Å². The normalized spacial score (nSPS) is 23.9. The minimum absolute atomic E-state index is 0.0179. The van der Waals surface area contributed by atoms with Gasteiger partial charge in [-0.1, -0.05) is 19.8 Å². The maximum atomic E-state index is 11.3. The van der Waals surface area contributed by atoms with Gasteiger partial charge in [0.2, 0.25) is 0 Å². The van der Waals surface area contributed by atoms with Crippen LogP contribution < -0.4 is 0 Å². The van der Waals surface area contributed by atoms with Crippen LogP contribution in [-0.2, 0) is 4.79 Å². The molecule has 2 fully saturated rings. The second kappa shape index (κ2) is 5.31. The highest BCUT2D eigenvalue weighted by Gasteiger charge is 2.36. The summed E-state index contributed by atoms with van der Waals surface area (Å²) in [4.78, 5) is 13.9. The van der Waals surface area contributed by atoms with Gasteiger partial charge in [0.1, 0.15) is 6.29 Å². The smallest absolute Gasteiger partial charge is 0.127 e. The molecule has 0 aromatic rings. The first-order valence-corrected chi connectivity index (χ1v) is 6.97. The summed E-state index contributed by atoms with van der Waals surface area (Å²) in [7, 11) is 0. The Kier molecular flexibility index (Phi) is 4.01. The van der Waals surface area contributed by atoms with Crippen LogP contribution >= 0.6 is 0 Å². The van der Waals surface area contributed by atoms with Gasteiger partial charge in [-0.25, -0.2) is 0 Å². The van der Waals surface area contributed by atoms with Gasteiger partial charge >= 0.3 is 0 Å². The van der Waals surface area contributed by atoms with Gasteiger partial charge in [-0.15, -0.1) is 0 Å². The Morgan fingerprint density at radius 1 is 1.31 bits per heavy atom. The largest absolute Gasteiger partial charge is 0.303 e. The molecule has 2 rings (SSSR count). The first-order chi connectivity index (χ1) is 7.78. The molecule has 2 nitrogen and oxygen atoms in total. The lowest BCUT2D eigenvalue weighted by Gasteiger charge is -2.31. The maximum Gasteiger partial charge on any atom is 0.127 e. The first-order valence-electron chi connectivity index (χ1n) is 6.97. The molecule has 0 saturated heterocycles. The molecule has 0 aromatic carbocycles. The van der Waals surface area contributed by atoms with Crippen molar-refractivity contribution in [1.82, 2.24) is 4.90 Å². The topological polar surface area (TPSA) is 20.3 Å². The van der Waals surface area contributed by atoms with Crippen LogP contribution in [0.5, 0.6) is 0 Å². The van der Waals surface area contributed by atoms with Crippen molar-refractivity contribution in [2.24, 2.45) is 11.3 Å². The van der Waals surface area contributed by atoms with E-state index in [1.54, 1.807) is 0 Å². The predicted molar refractivity (Wildman–Crippen MR) is 66.4 cm³/mol. The van der Waals surface area contributed by atoms with Crippen LogP contribution in [0.2, 0.25) is 0 Å². The van der Waals surface area contributed by atoms with E-state index in [1.165, 1.54) is 51.5 Å². The number of hydrogen-bond donors (Lipinski definition) is 0. The van der Waals surface area contributed by atoms with Crippen LogP contribution in [0.15, 0.2) is 0 Å². The van der Waals surface area contributed by atoms with Gasteiger partial charge < -0.3 is 9.69 Å². The quantitative estimate of drug-likeness (QED) is 0.619. The van der Waals surface area contributed by atoms with Crippen molar-refractivity contribution in [1.29, 1.82) is 0 Å². The van der Waals surface area contributed by atoms with Crippen LogP contribution in [0.1, 0.15) is 51.9 Å². The van der Waals surface area contributed by atoms with E-state index in [0.29, 0.717) is 0 Å². The number of hydrogen-bond acceptors (Lipinski definition) is 2. The number of rotatable bonds is 7. The molecular formula is C14H25NO. The number of aldehydes is 1. The zero-order valence-corrected chi connectivity index (χ0v) is 10.6. The second-order valence-corrected chi connectivity index (χ2v) is 5.87. The third-order valence-corrected chi connectivity index (χ3v) is 4.14. The highest BCUT2D eigenvalue weighted by molar-refractivity contribution is 5.60. The average Bonchev–Trinajstić information content (AvgIpc) is 2.96. The van der Waals surface area contributed by atoms with Crippen molar-refractivity contribution in [2.75, 3.05) is 19.6 Å². The Morgan fingerprint density at radius 2 is 2.00 bits per heavy atom. The minimum Gasteiger partial charge on any atom is -0.303 e. The van der Waals surface area contributed by atoms with Crippen molar-refractivity contribution in [2.45, 2.75) is 51.9 Å². The Morgan fingerprint density at radius 3 is 2.50 bits per heavy atom. The molecule has 0 aliphatic heterocycles. The molecule has 92 valence electrons. The summed E-state index contributed by atoms with van der Waals surface area (Å²) in [5.74, 6) is 0.941. The first kappa shape index (κ1) is 12.1. The highest BCUT2D eigenvalue weighted by Crippen LogP contribution is 2.38. The molecular weight excluding hydrogens is 198 g/mol. The van der Waals surface area contributed by atoms with Crippen LogP contribution in [0.25, 0.3) is 0 Å². The summed E-state index contributed by atoms with van der Waals surface area (Å²) < 4.78 is 0. The fraction of sp³-hybridized carbons (Fsp3) is 0.929. The van der Waals surface area contributed by atoms with E-state index < -0.39 is 0 Å². The second-order valence-electron chi connectivity index (χ2n) is 5.87. The summed E-state index contributed by atoms with van der Waals surface area (Å²) in [5.41, 5.74) is 0.0179. The van der Waals surface area contributed by atoms with Crippen molar-refractivity contribution in [3.63, 3.8) is 0 Å². The molecule has 0 atom stereocenters. The molecule has 16 heavy (non-hydrogen) atoms. The Balaban J connectivity index is 1.88. The van der Waals surface area contributed by atoms with Gasteiger partial charge in [0.15, 0.2) is 0 Å². The predicted octanol–water partition coefficient (Wildman–Crippen LogP) is 2.87. The molecule has 0 bridgehead atoms.